The van der Waals surface area contributed by atoms with E-state index in [0.29, 0.717) is 19.6 Å². The summed E-state index contributed by atoms with van der Waals surface area (Å²) in [6.07, 6.45) is 0.259. The molecule has 0 amide bonds. The number of nitrogens with zero attached hydrogens (tertiary/aromatic N) is 1. The Kier molecular flexibility index (Phi) is 7.75. The zero-order valence-electron chi connectivity index (χ0n) is 14.5. The van der Waals surface area contributed by atoms with Gasteiger partial charge in [-0.05, 0) is 29.7 Å². The van der Waals surface area contributed by atoms with Crippen molar-refractivity contribution < 1.29 is 14.6 Å². The van der Waals surface area contributed by atoms with Gasteiger partial charge in [-0.3, -0.25) is 4.90 Å². The Morgan fingerprint density at radius 2 is 1.67 bits per heavy atom. The second-order valence-electron chi connectivity index (χ2n) is 5.92. The monoisotopic (exact) mass is 329 g/mol. The molecule has 0 bridgehead atoms. The maximum atomic E-state index is 10.4. The lowest BCUT2D eigenvalue weighted by atomic mass is 10.1. The van der Waals surface area contributed by atoms with Gasteiger partial charge in [0.25, 0.3) is 0 Å². The highest BCUT2D eigenvalue weighted by molar-refractivity contribution is 5.27. The molecule has 0 aromatic heterocycles. The minimum Gasteiger partial charge on any atom is -0.497 e. The predicted octanol–water partition coefficient (Wildman–Crippen LogP) is 2.75. The van der Waals surface area contributed by atoms with Crippen LogP contribution in [0.1, 0.15) is 11.1 Å². The van der Waals surface area contributed by atoms with Crippen LogP contribution < -0.4 is 4.74 Å². The highest BCUT2D eigenvalue weighted by atomic mass is 16.5. The third kappa shape index (κ3) is 6.32. The molecule has 0 spiro atoms. The lowest BCUT2D eigenvalue weighted by Gasteiger charge is -2.25. The minimum absolute atomic E-state index is 0.400. The third-order valence-corrected chi connectivity index (χ3v) is 3.96. The van der Waals surface area contributed by atoms with Crippen LogP contribution in [0.5, 0.6) is 5.75 Å². The molecule has 0 saturated heterocycles. The van der Waals surface area contributed by atoms with Crippen LogP contribution in [0, 0.1) is 0 Å². The molecule has 0 aliphatic carbocycles. The third-order valence-electron chi connectivity index (χ3n) is 3.96. The molecule has 1 atom stereocenters. The van der Waals surface area contributed by atoms with Crippen LogP contribution in [0.4, 0.5) is 0 Å². The average Bonchev–Trinajstić information content (AvgIpc) is 2.61. The van der Waals surface area contributed by atoms with Crippen molar-refractivity contribution in [1.82, 2.24) is 4.90 Å². The molecular formula is C20H27NO3. The first-order chi connectivity index (χ1) is 11.7. The quantitative estimate of drug-likeness (QED) is 0.728. The number of methoxy groups -OCH3 is 2. The number of aliphatic hydroxyl groups is 1. The van der Waals surface area contributed by atoms with Crippen molar-refractivity contribution in [3.8, 4) is 5.75 Å². The summed E-state index contributed by atoms with van der Waals surface area (Å²) in [6, 6.07) is 18.1. The number of ether oxygens (including phenoxy) is 2. The van der Waals surface area contributed by atoms with E-state index in [2.05, 4.69) is 17.0 Å². The fourth-order valence-electron chi connectivity index (χ4n) is 2.69. The molecule has 24 heavy (non-hydrogen) atoms. The van der Waals surface area contributed by atoms with E-state index in [-0.39, 0.29) is 0 Å². The summed E-state index contributed by atoms with van der Waals surface area (Å²) in [5.74, 6) is 0.853. The van der Waals surface area contributed by atoms with Crippen molar-refractivity contribution >= 4 is 0 Å². The van der Waals surface area contributed by atoms with Gasteiger partial charge in [0, 0.05) is 26.7 Å². The van der Waals surface area contributed by atoms with Gasteiger partial charge >= 0.3 is 0 Å². The van der Waals surface area contributed by atoms with Gasteiger partial charge in [0.05, 0.1) is 19.8 Å². The molecule has 0 unspecified atom stereocenters. The van der Waals surface area contributed by atoms with Gasteiger partial charge in [0.15, 0.2) is 0 Å². The molecule has 0 heterocycles. The van der Waals surface area contributed by atoms with Gasteiger partial charge in [0.2, 0.25) is 0 Å². The molecule has 4 nitrogen and oxygen atoms in total. The fraction of sp³-hybridized carbons (Fsp3) is 0.400. The Bertz CT molecular complexity index is 571. The summed E-state index contributed by atoms with van der Waals surface area (Å²) >= 11 is 0. The number of aliphatic hydroxyl groups excluding tert-OH is 1. The van der Waals surface area contributed by atoms with Crippen molar-refractivity contribution in [1.29, 1.82) is 0 Å². The first-order valence-electron chi connectivity index (χ1n) is 8.27. The number of benzene rings is 2. The van der Waals surface area contributed by atoms with Gasteiger partial charge in [-0.15, -0.1) is 0 Å². The summed E-state index contributed by atoms with van der Waals surface area (Å²) < 4.78 is 10.4. The highest BCUT2D eigenvalue weighted by Crippen LogP contribution is 2.14. The zero-order chi connectivity index (χ0) is 17.2. The van der Waals surface area contributed by atoms with Crippen molar-refractivity contribution in [2.45, 2.75) is 19.1 Å². The molecule has 2 aromatic rings. The Balaban J connectivity index is 1.93. The lowest BCUT2D eigenvalue weighted by molar-refractivity contribution is 0.0851. The molecule has 0 aliphatic heterocycles. The normalized spacial score (nSPS) is 12.3. The SMILES string of the molecule is COCCN(Cc1ccc(OC)cc1)C[C@@H](O)Cc1ccccc1. The van der Waals surface area contributed by atoms with Crippen LogP contribution in [-0.4, -0.2) is 50.0 Å². The molecule has 1 N–H and O–H groups in total. The summed E-state index contributed by atoms with van der Waals surface area (Å²) in [4.78, 5) is 2.22. The maximum absolute atomic E-state index is 10.4. The van der Waals surface area contributed by atoms with Crippen LogP contribution in [-0.2, 0) is 17.7 Å². The summed E-state index contributed by atoms with van der Waals surface area (Å²) in [5, 5.41) is 10.4. The van der Waals surface area contributed by atoms with Crippen molar-refractivity contribution in [2.24, 2.45) is 0 Å². The zero-order valence-corrected chi connectivity index (χ0v) is 14.5. The van der Waals surface area contributed by atoms with Crippen LogP contribution in [0.3, 0.4) is 0 Å². The van der Waals surface area contributed by atoms with E-state index in [1.54, 1.807) is 14.2 Å². The van der Waals surface area contributed by atoms with Crippen LogP contribution in [0.15, 0.2) is 54.6 Å². The molecule has 2 aromatic carbocycles. The Morgan fingerprint density at radius 1 is 0.958 bits per heavy atom. The summed E-state index contributed by atoms with van der Waals surface area (Å²) in [7, 11) is 3.37. The van der Waals surface area contributed by atoms with Crippen LogP contribution in [0.25, 0.3) is 0 Å². The molecule has 4 heteroatoms. The smallest absolute Gasteiger partial charge is 0.118 e. The van der Waals surface area contributed by atoms with Crippen molar-refractivity contribution in [2.75, 3.05) is 33.9 Å². The Hall–Kier alpha value is -1.88. The van der Waals surface area contributed by atoms with Gasteiger partial charge in [-0.25, -0.2) is 0 Å². The number of hydrogen-bond acceptors (Lipinski definition) is 4. The molecular weight excluding hydrogens is 302 g/mol. The fourth-order valence-corrected chi connectivity index (χ4v) is 2.69. The Labute approximate surface area is 144 Å². The first-order valence-corrected chi connectivity index (χ1v) is 8.27. The van der Waals surface area contributed by atoms with Crippen molar-refractivity contribution in [3.05, 3.63) is 65.7 Å². The average molecular weight is 329 g/mol. The molecule has 2 rings (SSSR count). The Morgan fingerprint density at radius 3 is 2.29 bits per heavy atom. The molecule has 0 radical (unpaired) electrons. The predicted molar refractivity (Wildman–Crippen MR) is 96.3 cm³/mol. The van der Waals surface area contributed by atoms with E-state index < -0.39 is 6.10 Å². The molecule has 130 valence electrons. The molecule has 0 fully saturated rings. The minimum atomic E-state index is -0.400. The largest absolute Gasteiger partial charge is 0.497 e. The summed E-state index contributed by atoms with van der Waals surface area (Å²) in [5.41, 5.74) is 2.35. The van der Waals surface area contributed by atoms with E-state index in [9.17, 15) is 5.11 Å². The van der Waals surface area contributed by atoms with Gasteiger partial charge in [0.1, 0.15) is 5.75 Å². The van der Waals surface area contributed by atoms with E-state index in [1.807, 2.05) is 42.5 Å². The lowest BCUT2D eigenvalue weighted by Crippen LogP contribution is -2.35. The maximum Gasteiger partial charge on any atom is 0.118 e. The first kappa shape index (κ1) is 18.5. The molecule has 0 saturated carbocycles. The second kappa shape index (κ2) is 10.1. The topological polar surface area (TPSA) is 41.9 Å². The molecule has 0 aliphatic rings. The van der Waals surface area contributed by atoms with E-state index >= 15 is 0 Å². The van der Waals surface area contributed by atoms with Gasteiger partial charge in [-0.2, -0.15) is 0 Å². The standard InChI is InChI=1S/C20H27NO3/c1-23-13-12-21(15-18-8-10-20(24-2)11-9-18)16-19(22)14-17-6-4-3-5-7-17/h3-11,19,22H,12-16H2,1-2H3/t19-/m0/s1. The number of hydrogen-bond donors (Lipinski definition) is 1. The summed E-state index contributed by atoms with van der Waals surface area (Å²) in [6.45, 7) is 2.83. The van der Waals surface area contributed by atoms with E-state index in [0.717, 1.165) is 24.4 Å². The van der Waals surface area contributed by atoms with Gasteiger partial charge < -0.3 is 14.6 Å². The van der Waals surface area contributed by atoms with Gasteiger partial charge in [-0.1, -0.05) is 42.5 Å². The van der Waals surface area contributed by atoms with E-state index in [1.165, 1.54) is 5.56 Å². The second-order valence-corrected chi connectivity index (χ2v) is 5.92. The highest BCUT2D eigenvalue weighted by Gasteiger charge is 2.13. The van der Waals surface area contributed by atoms with E-state index in [4.69, 9.17) is 9.47 Å². The van der Waals surface area contributed by atoms with Crippen LogP contribution in [0.2, 0.25) is 0 Å². The van der Waals surface area contributed by atoms with Crippen LogP contribution >= 0.6 is 0 Å². The number of rotatable bonds is 10. The van der Waals surface area contributed by atoms with Crippen molar-refractivity contribution in [3.63, 3.8) is 0 Å².